The summed E-state index contributed by atoms with van der Waals surface area (Å²) in [7, 11) is 0. The van der Waals surface area contributed by atoms with Crippen molar-refractivity contribution >= 4 is 23.5 Å². The van der Waals surface area contributed by atoms with Crippen molar-refractivity contribution in [2.24, 2.45) is 34.5 Å². The summed E-state index contributed by atoms with van der Waals surface area (Å²) in [5.41, 5.74) is 0.687. The Morgan fingerprint density at radius 1 is 1.00 bits per heavy atom. The van der Waals surface area contributed by atoms with E-state index in [1.165, 1.54) is 69.3 Å². The third-order valence-electron chi connectivity index (χ3n) is 8.41. The first kappa shape index (κ1) is 18.7. The van der Waals surface area contributed by atoms with Gasteiger partial charge in [0.05, 0.1) is 0 Å². The highest BCUT2D eigenvalue weighted by molar-refractivity contribution is 8.22. The van der Waals surface area contributed by atoms with E-state index >= 15 is 0 Å². The Hall–Kier alpha value is 0.400. The van der Waals surface area contributed by atoms with Crippen molar-refractivity contribution in [2.45, 2.75) is 71.6 Å². The number of hydrogen-bond acceptors (Lipinski definition) is 3. The maximum atomic E-state index is 10.3. The van der Waals surface area contributed by atoms with Crippen LogP contribution >= 0.6 is 23.5 Å². The van der Waals surface area contributed by atoms with Crippen LogP contribution in [0.1, 0.15) is 71.6 Å². The summed E-state index contributed by atoms with van der Waals surface area (Å²) >= 11 is 4.14. The third-order valence-corrected chi connectivity index (χ3v) is 10.9. The van der Waals surface area contributed by atoms with Crippen LogP contribution in [-0.4, -0.2) is 23.2 Å². The van der Waals surface area contributed by atoms with Crippen molar-refractivity contribution in [2.75, 3.05) is 18.1 Å². The van der Waals surface area contributed by atoms with E-state index in [9.17, 15) is 5.11 Å². The second-order valence-electron chi connectivity index (χ2n) is 9.71. The summed E-state index contributed by atoms with van der Waals surface area (Å²) in [4.78, 5) is 0. The summed E-state index contributed by atoms with van der Waals surface area (Å²) < 4.78 is 1.56. The number of fused-ring (bicyclic) bond motifs is 3. The van der Waals surface area contributed by atoms with Gasteiger partial charge in [-0.2, -0.15) is 0 Å². The summed E-state index contributed by atoms with van der Waals surface area (Å²) in [5, 5.41) is 10.3. The second kappa shape index (κ2) is 7.43. The molecule has 6 atom stereocenters. The molecule has 4 aliphatic rings. The van der Waals surface area contributed by atoms with E-state index in [4.69, 9.17) is 0 Å². The lowest BCUT2D eigenvalue weighted by Crippen LogP contribution is -2.53. The molecule has 6 unspecified atom stereocenters. The quantitative estimate of drug-likeness (QED) is 0.604. The fourth-order valence-corrected chi connectivity index (χ4v) is 9.30. The maximum Gasteiger partial charge on any atom is 0.0490 e. The Morgan fingerprint density at radius 3 is 2.56 bits per heavy atom. The van der Waals surface area contributed by atoms with Gasteiger partial charge < -0.3 is 5.11 Å². The van der Waals surface area contributed by atoms with Crippen LogP contribution in [0.25, 0.3) is 0 Å². The summed E-state index contributed by atoms with van der Waals surface area (Å²) in [6.07, 6.45) is 15.3. The van der Waals surface area contributed by atoms with Crippen molar-refractivity contribution in [1.82, 2.24) is 0 Å². The number of aliphatic hydroxyl groups is 1. The van der Waals surface area contributed by atoms with E-state index < -0.39 is 0 Å². The zero-order chi connectivity index (χ0) is 17.5. The molecule has 25 heavy (non-hydrogen) atoms. The SMILES string of the molecule is CC1(CO)CCC2C(CCC3CCCCC32C)C1C=C1SCCCS1. The Balaban J connectivity index is 1.64. The molecule has 3 heteroatoms. The minimum Gasteiger partial charge on any atom is -0.396 e. The lowest BCUT2D eigenvalue weighted by atomic mass is 9.45. The van der Waals surface area contributed by atoms with Crippen LogP contribution in [0.5, 0.6) is 0 Å². The van der Waals surface area contributed by atoms with Gasteiger partial charge in [0, 0.05) is 10.8 Å². The average Bonchev–Trinajstić information content (AvgIpc) is 2.64. The predicted octanol–water partition coefficient (Wildman–Crippen LogP) is 6.33. The summed E-state index contributed by atoms with van der Waals surface area (Å²) in [6.45, 7) is 5.38. The molecule has 1 aliphatic heterocycles. The van der Waals surface area contributed by atoms with Crippen molar-refractivity contribution < 1.29 is 5.11 Å². The van der Waals surface area contributed by atoms with E-state index in [0.717, 1.165) is 17.8 Å². The van der Waals surface area contributed by atoms with Crippen molar-refractivity contribution in [1.29, 1.82) is 0 Å². The molecule has 142 valence electrons. The average molecular weight is 381 g/mol. The molecule has 0 aromatic rings. The van der Waals surface area contributed by atoms with Crippen LogP contribution in [-0.2, 0) is 0 Å². The molecular formula is C22H36OS2. The molecule has 4 fully saturated rings. The summed E-state index contributed by atoms with van der Waals surface area (Å²) in [6, 6.07) is 0. The first-order valence-electron chi connectivity index (χ1n) is 10.7. The van der Waals surface area contributed by atoms with Crippen LogP contribution in [0, 0.1) is 34.5 Å². The molecule has 0 bridgehead atoms. The molecule has 4 rings (SSSR count). The van der Waals surface area contributed by atoms with Gasteiger partial charge in [-0.25, -0.2) is 0 Å². The number of aliphatic hydroxyl groups excluding tert-OH is 1. The normalized spacial score (nSPS) is 47.7. The molecule has 3 saturated carbocycles. The molecule has 0 aromatic heterocycles. The van der Waals surface area contributed by atoms with Gasteiger partial charge in [0.2, 0.25) is 0 Å². The maximum absolute atomic E-state index is 10.3. The lowest BCUT2D eigenvalue weighted by molar-refractivity contribution is -0.109. The number of thioether (sulfide) groups is 2. The van der Waals surface area contributed by atoms with Crippen LogP contribution in [0.2, 0.25) is 0 Å². The van der Waals surface area contributed by atoms with Gasteiger partial charge >= 0.3 is 0 Å². The van der Waals surface area contributed by atoms with E-state index in [1.54, 1.807) is 4.24 Å². The van der Waals surface area contributed by atoms with E-state index in [-0.39, 0.29) is 5.41 Å². The van der Waals surface area contributed by atoms with Crippen molar-refractivity contribution in [3.8, 4) is 0 Å². The van der Waals surface area contributed by atoms with Gasteiger partial charge in [0.25, 0.3) is 0 Å². The minimum absolute atomic E-state index is 0.102. The van der Waals surface area contributed by atoms with Gasteiger partial charge in [0.1, 0.15) is 0 Å². The lowest BCUT2D eigenvalue weighted by Gasteiger charge is -2.60. The van der Waals surface area contributed by atoms with E-state index in [2.05, 4.69) is 43.4 Å². The minimum atomic E-state index is 0.102. The fourth-order valence-electron chi connectivity index (χ4n) is 6.82. The third kappa shape index (κ3) is 3.36. The topological polar surface area (TPSA) is 20.2 Å². The first-order chi connectivity index (χ1) is 12.1. The summed E-state index contributed by atoms with van der Waals surface area (Å²) in [5.74, 6) is 5.84. The molecule has 0 radical (unpaired) electrons. The highest BCUT2D eigenvalue weighted by Gasteiger charge is 2.55. The Morgan fingerprint density at radius 2 is 1.80 bits per heavy atom. The van der Waals surface area contributed by atoms with Crippen LogP contribution in [0.4, 0.5) is 0 Å². The number of hydrogen-bond donors (Lipinski definition) is 1. The zero-order valence-electron chi connectivity index (χ0n) is 16.1. The molecule has 0 spiro atoms. The highest BCUT2D eigenvalue weighted by Crippen LogP contribution is 2.63. The molecule has 1 heterocycles. The Labute approximate surface area is 163 Å². The first-order valence-corrected chi connectivity index (χ1v) is 12.6. The molecule has 3 aliphatic carbocycles. The molecule has 1 saturated heterocycles. The largest absolute Gasteiger partial charge is 0.396 e. The fraction of sp³-hybridized carbons (Fsp3) is 0.909. The van der Waals surface area contributed by atoms with Crippen LogP contribution < -0.4 is 0 Å². The molecule has 1 nitrogen and oxygen atoms in total. The molecule has 0 aromatic carbocycles. The van der Waals surface area contributed by atoms with Gasteiger partial charge in [0.15, 0.2) is 0 Å². The molecule has 0 amide bonds. The van der Waals surface area contributed by atoms with Gasteiger partial charge in [-0.05, 0) is 91.0 Å². The monoisotopic (exact) mass is 380 g/mol. The van der Waals surface area contributed by atoms with Gasteiger partial charge in [-0.3, -0.25) is 0 Å². The van der Waals surface area contributed by atoms with Crippen molar-refractivity contribution in [3.05, 3.63) is 10.3 Å². The highest BCUT2D eigenvalue weighted by atomic mass is 32.2. The van der Waals surface area contributed by atoms with Gasteiger partial charge in [-0.15, -0.1) is 23.5 Å². The van der Waals surface area contributed by atoms with Crippen LogP contribution in [0.15, 0.2) is 10.3 Å². The molecule has 1 N–H and O–H groups in total. The van der Waals surface area contributed by atoms with Crippen molar-refractivity contribution in [3.63, 3.8) is 0 Å². The van der Waals surface area contributed by atoms with E-state index in [0.29, 0.717) is 17.9 Å². The van der Waals surface area contributed by atoms with Gasteiger partial charge in [-0.1, -0.05) is 32.8 Å². The van der Waals surface area contributed by atoms with E-state index in [1.807, 2.05) is 0 Å². The predicted molar refractivity (Wildman–Crippen MR) is 112 cm³/mol. The molecular weight excluding hydrogens is 344 g/mol. The zero-order valence-corrected chi connectivity index (χ0v) is 17.8. The number of allylic oxidation sites excluding steroid dienone is 1. The number of rotatable bonds is 2. The Kier molecular flexibility index (Phi) is 5.57. The standard InChI is InChI=1S/C22H36OS2/c1-21(15-23)11-9-18-17(19(21)14-20-24-12-5-13-25-20)8-7-16-6-3-4-10-22(16,18)2/h14,16-19,23H,3-13,15H2,1-2H3. The Bertz CT molecular complexity index is 510. The smallest absolute Gasteiger partial charge is 0.0490 e. The van der Waals surface area contributed by atoms with Crippen LogP contribution in [0.3, 0.4) is 0 Å². The second-order valence-corrected chi connectivity index (χ2v) is 12.2.